The van der Waals surface area contributed by atoms with Gasteiger partial charge in [0.25, 0.3) is 5.91 Å². The smallest absolute Gasteiger partial charge is 0.290 e. The number of carbonyl (C=O) groups excluding carboxylic acids is 2. The largest absolute Gasteiger partial charge is 0.459 e. The number of nitrogens with zero attached hydrogens (tertiary/aromatic N) is 2. The molecule has 3 aromatic rings. The van der Waals surface area contributed by atoms with Gasteiger partial charge < -0.3 is 19.0 Å². The lowest BCUT2D eigenvalue weighted by Crippen LogP contribution is -2.39. The van der Waals surface area contributed by atoms with Crippen LogP contribution in [0.2, 0.25) is 0 Å². The Morgan fingerprint density at radius 1 is 1.06 bits per heavy atom. The van der Waals surface area contributed by atoms with E-state index in [9.17, 15) is 14.0 Å². The van der Waals surface area contributed by atoms with Crippen LogP contribution in [0.4, 0.5) is 4.39 Å². The Bertz CT molecular complexity index is 1080. The SMILES string of the molecule is Cc1ccccc1CN1CC(OCc2ccccc2F)CN(C(=O)c2ccco2)CC1=O. The number of rotatable bonds is 6. The molecule has 2 aromatic carbocycles. The second kappa shape index (κ2) is 9.78. The zero-order valence-electron chi connectivity index (χ0n) is 17.9. The fraction of sp³-hybridized carbons (Fsp3) is 0.280. The monoisotopic (exact) mass is 436 g/mol. The summed E-state index contributed by atoms with van der Waals surface area (Å²) in [5.74, 6) is -0.735. The first-order valence-electron chi connectivity index (χ1n) is 10.5. The Labute approximate surface area is 186 Å². The van der Waals surface area contributed by atoms with Gasteiger partial charge in [0, 0.05) is 25.2 Å². The van der Waals surface area contributed by atoms with E-state index >= 15 is 0 Å². The number of carbonyl (C=O) groups is 2. The van der Waals surface area contributed by atoms with E-state index in [2.05, 4.69) is 0 Å². The Kier molecular flexibility index (Phi) is 6.66. The van der Waals surface area contributed by atoms with Crippen molar-refractivity contribution in [2.24, 2.45) is 0 Å². The Morgan fingerprint density at radius 2 is 1.81 bits per heavy atom. The standard InChI is InChI=1S/C25H25FN2O4/c1-18-7-2-3-8-19(18)13-27-14-21(32-17-20-9-4-5-10-22(20)26)15-28(16-24(27)29)25(30)23-11-6-12-31-23/h2-12,21H,13-17H2,1H3. The van der Waals surface area contributed by atoms with Crippen LogP contribution in [0.3, 0.4) is 0 Å². The number of ether oxygens (including phenoxy) is 1. The molecule has 2 amide bonds. The Morgan fingerprint density at radius 3 is 2.53 bits per heavy atom. The van der Waals surface area contributed by atoms with Gasteiger partial charge in [0.1, 0.15) is 12.4 Å². The minimum absolute atomic E-state index is 0.0481. The summed E-state index contributed by atoms with van der Waals surface area (Å²) in [5.41, 5.74) is 2.54. The third kappa shape index (κ3) is 5.06. The molecule has 166 valence electrons. The van der Waals surface area contributed by atoms with Crippen LogP contribution in [0.1, 0.15) is 27.2 Å². The van der Waals surface area contributed by atoms with Crippen molar-refractivity contribution in [1.82, 2.24) is 9.80 Å². The summed E-state index contributed by atoms with van der Waals surface area (Å²) in [5, 5.41) is 0. The molecule has 1 aliphatic heterocycles. The third-order valence-corrected chi connectivity index (χ3v) is 5.60. The van der Waals surface area contributed by atoms with Gasteiger partial charge in [-0.3, -0.25) is 9.59 Å². The molecule has 4 rings (SSSR count). The maximum Gasteiger partial charge on any atom is 0.290 e. The van der Waals surface area contributed by atoms with Crippen molar-refractivity contribution in [2.75, 3.05) is 19.6 Å². The second-order valence-corrected chi connectivity index (χ2v) is 7.89. The lowest BCUT2D eigenvalue weighted by Gasteiger charge is -2.25. The summed E-state index contributed by atoms with van der Waals surface area (Å²) in [4.78, 5) is 29.1. The van der Waals surface area contributed by atoms with Crippen LogP contribution in [0, 0.1) is 12.7 Å². The average molecular weight is 436 g/mol. The lowest BCUT2D eigenvalue weighted by molar-refractivity contribution is -0.132. The van der Waals surface area contributed by atoms with E-state index in [0.29, 0.717) is 18.7 Å². The predicted molar refractivity (Wildman–Crippen MR) is 116 cm³/mol. The molecule has 1 atom stereocenters. The summed E-state index contributed by atoms with van der Waals surface area (Å²) >= 11 is 0. The molecule has 1 aromatic heterocycles. The third-order valence-electron chi connectivity index (χ3n) is 5.60. The molecule has 1 fully saturated rings. The minimum atomic E-state index is -0.482. The highest BCUT2D eigenvalue weighted by molar-refractivity contribution is 5.94. The quantitative estimate of drug-likeness (QED) is 0.590. The van der Waals surface area contributed by atoms with Gasteiger partial charge in [0.2, 0.25) is 5.91 Å². The van der Waals surface area contributed by atoms with Crippen LogP contribution >= 0.6 is 0 Å². The topological polar surface area (TPSA) is 63.0 Å². The fourth-order valence-electron chi connectivity index (χ4n) is 3.76. The molecule has 0 saturated carbocycles. The molecule has 7 heteroatoms. The highest BCUT2D eigenvalue weighted by Gasteiger charge is 2.32. The highest BCUT2D eigenvalue weighted by atomic mass is 19.1. The van der Waals surface area contributed by atoms with Gasteiger partial charge in [-0.05, 0) is 36.2 Å². The molecule has 1 saturated heterocycles. The number of benzene rings is 2. The van der Waals surface area contributed by atoms with Gasteiger partial charge in [0.05, 0.1) is 19.0 Å². The van der Waals surface area contributed by atoms with Crippen molar-refractivity contribution >= 4 is 11.8 Å². The van der Waals surface area contributed by atoms with Gasteiger partial charge in [0.15, 0.2) is 5.76 Å². The van der Waals surface area contributed by atoms with Crippen molar-refractivity contribution in [3.63, 3.8) is 0 Å². The Hall–Kier alpha value is -3.45. The maximum atomic E-state index is 14.1. The minimum Gasteiger partial charge on any atom is -0.459 e. The normalized spacial score (nSPS) is 16.8. The van der Waals surface area contributed by atoms with Gasteiger partial charge in [-0.15, -0.1) is 0 Å². The Balaban J connectivity index is 1.55. The van der Waals surface area contributed by atoms with E-state index in [0.717, 1.165) is 11.1 Å². The number of hydrogen-bond donors (Lipinski definition) is 0. The van der Waals surface area contributed by atoms with Gasteiger partial charge in [-0.1, -0.05) is 42.5 Å². The summed E-state index contributed by atoms with van der Waals surface area (Å²) in [6.07, 6.45) is 0.938. The zero-order chi connectivity index (χ0) is 22.5. The van der Waals surface area contributed by atoms with Crippen molar-refractivity contribution in [3.05, 3.63) is 95.2 Å². The van der Waals surface area contributed by atoms with Crippen molar-refractivity contribution in [1.29, 1.82) is 0 Å². The molecular weight excluding hydrogens is 411 g/mol. The molecule has 32 heavy (non-hydrogen) atoms. The van der Waals surface area contributed by atoms with Crippen LogP contribution in [0.5, 0.6) is 0 Å². The first-order chi connectivity index (χ1) is 15.5. The molecule has 0 N–H and O–H groups in total. The van der Waals surface area contributed by atoms with E-state index in [1.165, 1.54) is 17.2 Å². The number of amides is 2. The van der Waals surface area contributed by atoms with E-state index in [-0.39, 0.29) is 43.1 Å². The molecular formula is C25H25FN2O4. The van der Waals surface area contributed by atoms with Gasteiger partial charge in [-0.2, -0.15) is 0 Å². The van der Waals surface area contributed by atoms with Crippen LogP contribution in [0.15, 0.2) is 71.3 Å². The van der Waals surface area contributed by atoms with E-state index in [4.69, 9.17) is 9.15 Å². The van der Waals surface area contributed by atoms with Gasteiger partial charge >= 0.3 is 0 Å². The summed E-state index contributed by atoms with van der Waals surface area (Å²) in [6.45, 7) is 2.87. The van der Waals surface area contributed by atoms with E-state index in [1.807, 2.05) is 31.2 Å². The first kappa shape index (κ1) is 21.8. The number of halogens is 1. The molecule has 1 unspecified atom stereocenters. The number of aryl methyl sites for hydroxylation is 1. The van der Waals surface area contributed by atoms with Crippen LogP contribution in [-0.4, -0.2) is 47.4 Å². The summed E-state index contributed by atoms with van der Waals surface area (Å²) in [6, 6.07) is 17.5. The number of furan rings is 1. The molecule has 0 bridgehead atoms. The van der Waals surface area contributed by atoms with Crippen LogP contribution in [0.25, 0.3) is 0 Å². The predicted octanol–water partition coefficient (Wildman–Crippen LogP) is 3.80. The average Bonchev–Trinajstić information content (AvgIpc) is 3.28. The molecule has 1 aliphatic rings. The first-order valence-corrected chi connectivity index (χ1v) is 10.5. The zero-order valence-corrected chi connectivity index (χ0v) is 17.9. The lowest BCUT2D eigenvalue weighted by atomic mass is 10.1. The second-order valence-electron chi connectivity index (χ2n) is 7.89. The molecule has 2 heterocycles. The summed E-state index contributed by atoms with van der Waals surface area (Å²) in [7, 11) is 0. The molecule has 0 spiro atoms. The van der Waals surface area contributed by atoms with Crippen molar-refractivity contribution < 1.29 is 23.1 Å². The molecule has 0 aliphatic carbocycles. The molecule has 6 nitrogen and oxygen atoms in total. The van der Waals surface area contributed by atoms with Crippen LogP contribution < -0.4 is 0 Å². The van der Waals surface area contributed by atoms with Gasteiger partial charge in [-0.25, -0.2) is 4.39 Å². The maximum absolute atomic E-state index is 14.1. The highest BCUT2D eigenvalue weighted by Crippen LogP contribution is 2.18. The van der Waals surface area contributed by atoms with Crippen LogP contribution in [-0.2, 0) is 22.7 Å². The van der Waals surface area contributed by atoms with E-state index < -0.39 is 6.10 Å². The number of hydrogen-bond acceptors (Lipinski definition) is 4. The van der Waals surface area contributed by atoms with Crippen molar-refractivity contribution in [2.45, 2.75) is 26.2 Å². The van der Waals surface area contributed by atoms with Crippen molar-refractivity contribution in [3.8, 4) is 0 Å². The fourth-order valence-corrected chi connectivity index (χ4v) is 3.76. The van der Waals surface area contributed by atoms with E-state index in [1.54, 1.807) is 35.2 Å². The molecule has 0 radical (unpaired) electrons. The summed E-state index contributed by atoms with van der Waals surface area (Å²) < 4.78 is 25.3.